The van der Waals surface area contributed by atoms with Crippen molar-refractivity contribution in [3.05, 3.63) is 21.6 Å². The van der Waals surface area contributed by atoms with E-state index in [1.807, 2.05) is 0 Å². The van der Waals surface area contributed by atoms with Crippen molar-refractivity contribution in [3.8, 4) is 0 Å². The third-order valence-corrected chi connectivity index (χ3v) is 4.04. The smallest absolute Gasteiger partial charge is 0.267 e. The molecular formula is C14H24N4O3. The van der Waals surface area contributed by atoms with Crippen LogP contribution in [0.25, 0.3) is 0 Å². The molecule has 0 aromatic carbocycles. The molecule has 1 aliphatic rings. The van der Waals surface area contributed by atoms with Crippen LogP contribution in [0.2, 0.25) is 0 Å². The van der Waals surface area contributed by atoms with E-state index < -0.39 is 0 Å². The van der Waals surface area contributed by atoms with Crippen LogP contribution in [0, 0.1) is 12.8 Å². The third-order valence-electron chi connectivity index (χ3n) is 4.04. The van der Waals surface area contributed by atoms with Crippen molar-refractivity contribution in [1.29, 1.82) is 0 Å². The zero-order valence-corrected chi connectivity index (χ0v) is 12.4. The Morgan fingerprint density at radius 2 is 2.29 bits per heavy atom. The second-order valence-electron chi connectivity index (χ2n) is 5.70. The first-order chi connectivity index (χ1) is 10.1. The number of aliphatic hydroxyl groups excluding tert-OH is 1. The van der Waals surface area contributed by atoms with Crippen LogP contribution >= 0.6 is 0 Å². The van der Waals surface area contributed by atoms with Gasteiger partial charge in [-0.05, 0) is 32.2 Å². The molecule has 1 fully saturated rings. The van der Waals surface area contributed by atoms with E-state index in [0.717, 1.165) is 32.5 Å². The summed E-state index contributed by atoms with van der Waals surface area (Å²) in [6.07, 6.45) is 2.27. The molecule has 4 N–H and O–H groups in total. The number of nitrogens with one attached hydrogen (secondary N) is 3. The zero-order chi connectivity index (χ0) is 15.2. The fraction of sp³-hybridized carbons (Fsp3) is 0.714. The van der Waals surface area contributed by atoms with Crippen LogP contribution in [0.5, 0.6) is 0 Å². The molecule has 0 aliphatic carbocycles. The lowest BCUT2D eigenvalue weighted by Gasteiger charge is -2.31. The van der Waals surface area contributed by atoms with Gasteiger partial charge in [0.15, 0.2) is 0 Å². The van der Waals surface area contributed by atoms with Crippen molar-refractivity contribution < 1.29 is 9.90 Å². The molecule has 2 heterocycles. The monoisotopic (exact) mass is 296 g/mol. The number of nitrogens with zero attached hydrogens (tertiary/aromatic N) is 1. The lowest BCUT2D eigenvalue weighted by Crippen LogP contribution is -2.41. The van der Waals surface area contributed by atoms with Crippen LogP contribution in [0.3, 0.4) is 0 Å². The van der Waals surface area contributed by atoms with Gasteiger partial charge >= 0.3 is 0 Å². The second kappa shape index (κ2) is 7.42. The van der Waals surface area contributed by atoms with Crippen molar-refractivity contribution in [2.24, 2.45) is 5.92 Å². The fourth-order valence-corrected chi connectivity index (χ4v) is 2.76. The van der Waals surface area contributed by atoms with Crippen LogP contribution in [0.4, 0.5) is 0 Å². The lowest BCUT2D eigenvalue weighted by atomic mass is 9.99. The number of aromatic amines is 2. The minimum atomic E-state index is -0.232. The van der Waals surface area contributed by atoms with Gasteiger partial charge in [0.1, 0.15) is 0 Å². The summed E-state index contributed by atoms with van der Waals surface area (Å²) in [5, 5.41) is 17.2. The topological polar surface area (TPSA) is 101 Å². The Balaban J connectivity index is 1.71. The summed E-state index contributed by atoms with van der Waals surface area (Å²) in [6.45, 7) is 5.26. The molecule has 7 nitrogen and oxygen atoms in total. The van der Waals surface area contributed by atoms with Gasteiger partial charge in [-0.25, -0.2) is 0 Å². The van der Waals surface area contributed by atoms with Crippen molar-refractivity contribution in [2.45, 2.75) is 26.2 Å². The number of H-pyrrole nitrogens is 2. The maximum atomic E-state index is 11.8. The van der Waals surface area contributed by atoms with Gasteiger partial charge in [-0.3, -0.25) is 14.7 Å². The first-order valence-electron chi connectivity index (χ1n) is 7.46. The van der Waals surface area contributed by atoms with Crippen LogP contribution in [-0.4, -0.2) is 58.9 Å². The van der Waals surface area contributed by atoms with Crippen molar-refractivity contribution in [2.75, 3.05) is 32.8 Å². The largest absolute Gasteiger partial charge is 0.396 e. The molecule has 1 atom stereocenters. The number of carbonyl (C=O) groups is 1. The number of rotatable bonds is 6. The number of aromatic nitrogens is 2. The van der Waals surface area contributed by atoms with Gasteiger partial charge in [0.2, 0.25) is 5.91 Å². The summed E-state index contributed by atoms with van der Waals surface area (Å²) >= 11 is 0. The number of amides is 1. The summed E-state index contributed by atoms with van der Waals surface area (Å²) < 4.78 is 0. The highest BCUT2D eigenvalue weighted by Gasteiger charge is 2.19. The van der Waals surface area contributed by atoms with Crippen LogP contribution in [0.15, 0.2) is 4.79 Å². The fourth-order valence-electron chi connectivity index (χ4n) is 2.76. The van der Waals surface area contributed by atoms with E-state index in [0.29, 0.717) is 23.7 Å². The average Bonchev–Trinajstić information content (AvgIpc) is 2.79. The Morgan fingerprint density at radius 3 is 2.95 bits per heavy atom. The number of hydrogen-bond acceptors (Lipinski definition) is 4. The molecule has 0 bridgehead atoms. The molecule has 0 saturated carbocycles. The molecule has 1 aromatic rings. The highest BCUT2D eigenvalue weighted by Crippen LogP contribution is 2.14. The standard InChI is InChI=1S/C14H24N4O3/c1-10-12(14(21)17-16-10)7-13(20)15-4-6-18-5-2-3-11(8-18)9-19/h11,19H,2-9H2,1H3,(H,15,20)(H2,16,17,21)/t11-/m0/s1. The summed E-state index contributed by atoms with van der Waals surface area (Å²) in [5.74, 6) is 0.217. The molecule has 1 aliphatic heterocycles. The highest BCUT2D eigenvalue weighted by atomic mass is 16.3. The molecule has 1 amide bonds. The minimum Gasteiger partial charge on any atom is -0.396 e. The van der Waals surface area contributed by atoms with Gasteiger partial charge in [-0.2, -0.15) is 0 Å². The Bertz CT molecular complexity index is 523. The van der Waals surface area contributed by atoms with E-state index in [1.54, 1.807) is 6.92 Å². The molecule has 2 rings (SSSR count). The molecule has 21 heavy (non-hydrogen) atoms. The number of aliphatic hydroxyl groups is 1. The first kappa shape index (κ1) is 15.8. The van der Waals surface area contributed by atoms with E-state index in [-0.39, 0.29) is 24.5 Å². The predicted octanol–water partition coefficient (Wildman–Crippen LogP) is -0.626. The van der Waals surface area contributed by atoms with Crippen LogP contribution in [-0.2, 0) is 11.2 Å². The van der Waals surface area contributed by atoms with Crippen LogP contribution in [0.1, 0.15) is 24.1 Å². The van der Waals surface area contributed by atoms with Gasteiger partial charge in [0.25, 0.3) is 5.56 Å². The summed E-state index contributed by atoms with van der Waals surface area (Å²) in [5.41, 5.74) is 0.965. The molecule has 0 radical (unpaired) electrons. The van der Waals surface area contributed by atoms with E-state index in [9.17, 15) is 14.7 Å². The number of aryl methyl sites for hydroxylation is 1. The van der Waals surface area contributed by atoms with E-state index in [4.69, 9.17) is 0 Å². The Labute approximate surface area is 123 Å². The van der Waals surface area contributed by atoms with Gasteiger partial charge in [0, 0.05) is 37.5 Å². The average molecular weight is 296 g/mol. The molecule has 0 unspecified atom stereocenters. The quantitative estimate of drug-likeness (QED) is 0.561. The number of likely N-dealkylation sites (tertiary alicyclic amines) is 1. The molecule has 118 valence electrons. The van der Waals surface area contributed by atoms with E-state index >= 15 is 0 Å². The molecule has 1 saturated heterocycles. The number of carbonyl (C=O) groups excluding carboxylic acids is 1. The van der Waals surface area contributed by atoms with Gasteiger partial charge < -0.3 is 20.4 Å². The first-order valence-corrected chi connectivity index (χ1v) is 7.46. The highest BCUT2D eigenvalue weighted by molar-refractivity contribution is 5.78. The van der Waals surface area contributed by atoms with E-state index in [2.05, 4.69) is 20.4 Å². The predicted molar refractivity (Wildman–Crippen MR) is 79.1 cm³/mol. The molecular weight excluding hydrogens is 272 g/mol. The Hall–Kier alpha value is -1.60. The zero-order valence-electron chi connectivity index (χ0n) is 12.4. The minimum absolute atomic E-state index is 0.101. The molecule has 7 heteroatoms. The van der Waals surface area contributed by atoms with E-state index in [1.165, 1.54) is 0 Å². The van der Waals surface area contributed by atoms with Gasteiger partial charge in [0.05, 0.1) is 6.42 Å². The summed E-state index contributed by atoms with van der Waals surface area (Å²) in [4.78, 5) is 25.6. The van der Waals surface area contributed by atoms with Crippen molar-refractivity contribution in [1.82, 2.24) is 20.4 Å². The van der Waals surface area contributed by atoms with Gasteiger partial charge in [-0.1, -0.05) is 0 Å². The molecule has 0 spiro atoms. The Kier molecular flexibility index (Phi) is 5.58. The third kappa shape index (κ3) is 4.44. The number of piperidine rings is 1. The van der Waals surface area contributed by atoms with Crippen LogP contribution < -0.4 is 10.9 Å². The Morgan fingerprint density at radius 1 is 1.48 bits per heavy atom. The lowest BCUT2D eigenvalue weighted by molar-refractivity contribution is -0.120. The SMILES string of the molecule is Cc1[nH][nH]c(=O)c1CC(=O)NCCN1CCC[C@H](CO)C1. The number of hydrogen-bond donors (Lipinski definition) is 4. The molecule has 1 aromatic heterocycles. The summed E-state index contributed by atoms with van der Waals surface area (Å²) in [6, 6.07) is 0. The van der Waals surface area contributed by atoms with Gasteiger partial charge in [-0.15, -0.1) is 0 Å². The normalized spacial score (nSPS) is 19.6. The summed E-state index contributed by atoms with van der Waals surface area (Å²) in [7, 11) is 0. The van der Waals surface area contributed by atoms with Crippen molar-refractivity contribution >= 4 is 5.91 Å². The maximum Gasteiger partial charge on any atom is 0.267 e. The van der Waals surface area contributed by atoms with Crippen molar-refractivity contribution in [3.63, 3.8) is 0 Å². The second-order valence-corrected chi connectivity index (χ2v) is 5.70. The maximum absolute atomic E-state index is 11.8.